The summed E-state index contributed by atoms with van der Waals surface area (Å²) in [6.45, 7) is 0. The van der Waals surface area contributed by atoms with Crippen LogP contribution in [0.3, 0.4) is 0 Å². The van der Waals surface area contributed by atoms with Crippen LogP contribution in [0.5, 0.6) is 0 Å². The zero-order chi connectivity index (χ0) is 12.5. The molecule has 0 atom stereocenters. The summed E-state index contributed by atoms with van der Waals surface area (Å²) in [4.78, 5) is 40.6. The van der Waals surface area contributed by atoms with E-state index in [9.17, 15) is 14.4 Å². The van der Waals surface area contributed by atoms with Crippen LogP contribution in [-0.4, -0.2) is 38.6 Å². The lowest BCUT2D eigenvalue weighted by Crippen LogP contribution is -2.72. The number of imide groups is 2. The van der Waals surface area contributed by atoms with Gasteiger partial charge in [-0.25, -0.2) is 9.78 Å². The SMILES string of the molecule is O=C1NC(=O)C(Cc2cnc[nH]2)(NO)C(=O)N1. The van der Waals surface area contributed by atoms with Gasteiger partial charge in [0.15, 0.2) is 0 Å². The topological polar surface area (TPSA) is 136 Å². The Balaban J connectivity index is 2.32. The maximum absolute atomic E-state index is 11.6. The Hall–Kier alpha value is -2.26. The van der Waals surface area contributed by atoms with Crippen LogP contribution < -0.4 is 16.1 Å². The minimum Gasteiger partial charge on any atom is -0.348 e. The number of hydrogen-bond acceptors (Lipinski definition) is 6. The lowest BCUT2D eigenvalue weighted by atomic mass is 9.91. The third-order valence-corrected chi connectivity index (χ3v) is 2.43. The van der Waals surface area contributed by atoms with Gasteiger partial charge in [-0.15, -0.1) is 0 Å². The summed E-state index contributed by atoms with van der Waals surface area (Å²) < 4.78 is 0. The Morgan fingerprint density at radius 2 is 1.94 bits per heavy atom. The molecule has 1 fully saturated rings. The number of hydrogen-bond donors (Lipinski definition) is 5. The van der Waals surface area contributed by atoms with Gasteiger partial charge < -0.3 is 10.2 Å². The van der Waals surface area contributed by atoms with E-state index in [1.165, 1.54) is 12.5 Å². The molecule has 0 aliphatic carbocycles. The predicted octanol–water partition coefficient (Wildman–Crippen LogP) is -1.96. The number of imidazole rings is 1. The molecule has 9 nitrogen and oxygen atoms in total. The second-order valence-electron chi connectivity index (χ2n) is 3.51. The van der Waals surface area contributed by atoms with Crippen molar-refractivity contribution in [3.05, 3.63) is 18.2 Å². The van der Waals surface area contributed by atoms with Gasteiger partial charge in [-0.2, -0.15) is 5.48 Å². The number of aromatic amines is 1. The van der Waals surface area contributed by atoms with Crippen molar-refractivity contribution in [1.82, 2.24) is 26.1 Å². The fraction of sp³-hybridized carbons (Fsp3) is 0.250. The Morgan fingerprint density at radius 1 is 1.29 bits per heavy atom. The van der Waals surface area contributed by atoms with E-state index in [0.717, 1.165) is 0 Å². The van der Waals surface area contributed by atoms with Crippen LogP contribution in [-0.2, 0) is 16.0 Å². The maximum atomic E-state index is 11.6. The Bertz CT molecular complexity index is 448. The average Bonchev–Trinajstić information content (AvgIpc) is 2.76. The molecule has 1 aromatic rings. The first-order chi connectivity index (χ1) is 8.08. The molecule has 9 heteroatoms. The molecule has 1 saturated heterocycles. The van der Waals surface area contributed by atoms with E-state index in [-0.39, 0.29) is 6.42 Å². The fourth-order valence-electron chi connectivity index (χ4n) is 1.52. The second-order valence-corrected chi connectivity index (χ2v) is 3.51. The third-order valence-electron chi connectivity index (χ3n) is 2.43. The first-order valence-electron chi connectivity index (χ1n) is 4.64. The lowest BCUT2D eigenvalue weighted by Gasteiger charge is -2.31. The molecule has 1 aliphatic heterocycles. The van der Waals surface area contributed by atoms with Gasteiger partial charge >= 0.3 is 6.03 Å². The van der Waals surface area contributed by atoms with Gasteiger partial charge in [0.05, 0.1) is 6.33 Å². The molecule has 4 amide bonds. The molecule has 1 aromatic heterocycles. The number of nitrogens with zero attached hydrogens (tertiary/aromatic N) is 1. The highest BCUT2D eigenvalue weighted by Gasteiger charge is 2.50. The predicted molar refractivity (Wildman–Crippen MR) is 51.6 cm³/mol. The number of amides is 4. The summed E-state index contributed by atoms with van der Waals surface area (Å²) in [6, 6.07) is -0.921. The van der Waals surface area contributed by atoms with E-state index in [0.29, 0.717) is 5.69 Å². The van der Waals surface area contributed by atoms with Crippen molar-refractivity contribution >= 4 is 17.8 Å². The number of hydroxylamine groups is 1. The van der Waals surface area contributed by atoms with Crippen LogP contribution in [0.15, 0.2) is 12.5 Å². The normalized spacial score (nSPS) is 18.8. The number of rotatable bonds is 3. The molecular weight excluding hydrogens is 230 g/mol. The highest BCUT2D eigenvalue weighted by molar-refractivity contribution is 6.22. The van der Waals surface area contributed by atoms with Gasteiger partial charge in [-0.1, -0.05) is 0 Å². The zero-order valence-electron chi connectivity index (χ0n) is 8.48. The van der Waals surface area contributed by atoms with Gasteiger partial charge in [0, 0.05) is 18.3 Å². The standard InChI is InChI=1S/C8H9N5O4/c14-5-8(13-17,1-4-2-9-3-10-4)6(15)12-7(16)11-5/h2-3,13,17H,1H2,(H,9,10)(H2,11,12,14,15,16). The Morgan fingerprint density at radius 3 is 2.41 bits per heavy atom. The van der Waals surface area contributed by atoms with Crippen LogP contribution in [0, 0.1) is 0 Å². The fourth-order valence-corrected chi connectivity index (χ4v) is 1.52. The van der Waals surface area contributed by atoms with Gasteiger partial charge in [0.25, 0.3) is 11.8 Å². The van der Waals surface area contributed by atoms with Crippen molar-refractivity contribution in [2.75, 3.05) is 0 Å². The number of barbiturate groups is 1. The lowest BCUT2D eigenvalue weighted by molar-refractivity contribution is -0.145. The molecule has 2 heterocycles. The molecule has 0 radical (unpaired) electrons. The smallest absolute Gasteiger partial charge is 0.328 e. The molecule has 0 saturated carbocycles. The van der Waals surface area contributed by atoms with Crippen molar-refractivity contribution < 1.29 is 19.6 Å². The summed E-state index contributed by atoms with van der Waals surface area (Å²) in [6.07, 6.45) is 2.59. The molecular formula is C8H9N5O4. The summed E-state index contributed by atoms with van der Waals surface area (Å²) >= 11 is 0. The summed E-state index contributed by atoms with van der Waals surface area (Å²) in [7, 11) is 0. The maximum Gasteiger partial charge on any atom is 0.328 e. The van der Waals surface area contributed by atoms with E-state index in [4.69, 9.17) is 5.21 Å². The van der Waals surface area contributed by atoms with Crippen LogP contribution >= 0.6 is 0 Å². The van der Waals surface area contributed by atoms with E-state index < -0.39 is 23.4 Å². The Labute approximate surface area is 94.6 Å². The highest BCUT2D eigenvalue weighted by Crippen LogP contribution is 2.14. The van der Waals surface area contributed by atoms with Crippen LogP contribution in [0.2, 0.25) is 0 Å². The number of aromatic nitrogens is 2. The number of nitrogens with one attached hydrogen (secondary N) is 4. The molecule has 5 N–H and O–H groups in total. The summed E-state index contributed by atoms with van der Waals surface area (Å²) in [5, 5.41) is 12.8. The van der Waals surface area contributed by atoms with Gasteiger partial charge in [0.2, 0.25) is 5.54 Å². The molecule has 0 aromatic carbocycles. The van der Waals surface area contributed by atoms with Crippen molar-refractivity contribution in [2.45, 2.75) is 12.0 Å². The van der Waals surface area contributed by atoms with Crippen LogP contribution in [0.4, 0.5) is 4.79 Å². The molecule has 1 aliphatic rings. The van der Waals surface area contributed by atoms with Crippen LogP contribution in [0.1, 0.15) is 5.69 Å². The molecule has 0 unspecified atom stereocenters. The van der Waals surface area contributed by atoms with E-state index in [2.05, 4.69) is 9.97 Å². The first-order valence-corrected chi connectivity index (χ1v) is 4.64. The average molecular weight is 239 g/mol. The molecule has 2 rings (SSSR count). The zero-order valence-corrected chi connectivity index (χ0v) is 8.48. The number of urea groups is 1. The van der Waals surface area contributed by atoms with E-state index in [1.807, 2.05) is 10.6 Å². The third kappa shape index (κ3) is 1.77. The molecule has 17 heavy (non-hydrogen) atoms. The number of H-pyrrole nitrogens is 1. The minimum absolute atomic E-state index is 0.172. The summed E-state index contributed by atoms with van der Waals surface area (Å²) in [5.74, 6) is -1.85. The quantitative estimate of drug-likeness (QED) is 0.307. The van der Waals surface area contributed by atoms with Crippen molar-refractivity contribution in [2.24, 2.45) is 0 Å². The molecule has 90 valence electrons. The first kappa shape index (κ1) is 11.2. The van der Waals surface area contributed by atoms with Crippen LogP contribution in [0.25, 0.3) is 0 Å². The highest BCUT2D eigenvalue weighted by atomic mass is 16.5. The number of carbonyl (C=O) groups is 3. The monoisotopic (exact) mass is 239 g/mol. The minimum atomic E-state index is -1.94. The number of carbonyl (C=O) groups excluding carboxylic acids is 3. The summed E-state index contributed by atoms with van der Waals surface area (Å²) in [5.41, 5.74) is 0.158. The molecule has 0 spiro atoms. The van der Waals surface area contributed by atoms with Gasteiger partial charge in [0.1, 0.15) is 0 Å². The van der Waals surface area contributed by atoms with E-state index >= 15 is 0 Å². The second kappa shape index (κ2) is 3.96. The largest absolute Gasteiger partial charge is 0.348 e. The van der Waals surface area contributed by atoms with Crippen molar-refractivity contribution in [1.29, 1.82) is 0 Å². The molecule has 0 bridgehead atoms. The van der Waals surface area contributed by atoms with Gasteiger partial charge in [-0.05, 0) is 0 Å². The van der Waals surface area contributed by atoms with Crippen molar-refractivity contribution in [3.8, 4) is 0 Å². The Kier molecular flexibility index (Phi) is 2.61. The van der Waals surface area contributed by atoms with E-state index in [1.54, 1.807) is 5.48 Å². The van der Waals surface area contributed by atoms with Gasteiger partial charge in [-0.3, -0.25) is 20.2 Å². The van der Waals surface area contributed by atoms with Crippen molar-refractivity contribution in [3.63, 3.8) is 0 Å².